The van der Waals surface area contributed by atoms with Crippen molar-refractivity contribution in [3.63, 3.8) is 0 Å². The number of aryl methyl sites for hydroxylation is 1. The van der Waals surface area contributed by atoms with Crippen LogP contribution in [0, 0.1) is 24.7 Å². The summed E-state index contributed by atoms with van der Waals surface area (Å²) in [7, 11) is 0. The number of hydrogen-bond acceptors (Lipinski definition) is 4. The summed E-state index contributed by atoms with van der Waals surface area (Å²) >= 11 is 0. The van der Waals surface area contributed by atoms with Crippen LogP contribution in [0.15, 0.2) is 24.3 Å². The van der Waals surface area contributed by atoms with E-state index in [4.69, 9.17) is 4.74 Å². The number of benzene rings is 1. The first-order valence-corrected chi connectivity index (χ1v) is 11.4. The molecule has 1 saturated heterocycles. The summed E-state index contributed by atoms with van der Waals surface area (Å²) in [6.07, 6.45) is 8.53. The predicted molar refractivity (Wildman–Crippen MR) is 126 cm³/mol. The second-order valence-corrected chi connectivity index (χ2v) is 10.2. The average molecular weight is 457 g/mol. The van der Waals surface area contributed by atoms with Gasteiger partial charge >= 0.3 is 0 Å². The molecule has 1 aromatic carbocycles. The summed E-state index contributed by atoms with van der Waals surface area (Å²) in [4.78, 5) is 5.28. The zero-order valence-corrected chi connectivity index (χ0v) is 19.8. The van der Waals surface area contributed by atoms with E-state index < -0.39 is 6.10 Å². The van der Waals surface area contributed by atoms with E-state index in [0.29, 0.717) is 12.1 Å². The highest BCUT2D eigenvalue weighted by molar-refractivity contribution is 5.85. The minimum absolute atomic E-state index is 0. The maximum Gasteiger partial charge on any atom is 0.119 e. The Kier molecular flexibility index (Phi) is 8.01. The molecule has 1 aliphatic heterocycles. The molecule has 4 nitrogen and oxygen atoms in total. The topological polar surface area (TPSA) is 35.9 Å². The predicted octanol–water partition coefficient (Wildman–Crippen LogP) is 4.16. The molecule has 0 amide bonds. The molecule has 4 aliphatic carbocycles. The molecular weight excluding hydrogens is 419 g/mol. The van der Waals surface area contributed by atoms with Crippen molar-refractivity contribution in [1.29, 1.82) is 0 Å². The fourth-order valence-corrected chi connectivity index (χ4v) is 7.03. The van der Waals surface area contributed by atoms with E-state index in [-0.39, 0.29) is 24.8 Å². The van der Waals surface area contributed by atoms with Gasteiger partial charge in [-0.3, -0.25) is 9.80 Å². The second-order valence-electron chi connectivity index (χ2n) is 10.2. The zero-order valence-electron chi connectivity index (χ0n) is 18.2. The monoisotopic (exact) mass is 456 g/mol. The van der Waals surface area contributed by atoms with E-state index in [1.54, 1.807) is 0 Å². The number of nitrogens with zero attached hydrogens (tertiary/aromatic N) is 2. The number of ether oxygens (including phenoxy) is 1. The number of halogens is 2. The lowest BCUT2D eigenvalue weighted by atomic mass is 9.52. The summed E-state index contributed by atoms with van der Waals surface area (Å²) in [5.41, 5.74) is 1.76. The van der Waals surface area contributed by atoms with Crippen molar-refractivity contribution in [3.8, 4) is 5.75 Å². The molecular formula is C24H38Cl2N2O2. The van der Waals surface area contributed by atoms with Crippen molar-refractivity contribution in [2.75, 3.05) is 39.3 Å². The van der Waals surface area contributed by atoms with Gasteiger partial charge in [-0.2, -0.15) is 0 Å². The van der Waals surface area contributed by atoms with Crippen molar-refractivity contribution in [1.82, 2.24) is 9.80 Å². The van der Waals surface area contributed by atoms with Gasteiger partial charge in [0.05, 0.1) is 0 Å². The first-order valence-electron chi connectivity index (χ1n) is 11.4. The van der Waals surface area contributed by atoms with Gasteiger partial charge in [0.1, 0.15) is 18.5 Å². The Bertz CT molecular complexity index is 641. The first-order chi connectivity index (χ1) is 13.6. The van der Waals surface area contributed by atoms with E-state index in [1.165, 1.54) is 57.2 Å². The van der Waals surface area contributed by atoms with E-state index in [9.17, 15) is 5.11 Å². The summed E-state index contributed by atoms with van der Waals surface area (Å²) in [6.45, 7) is 7.70. The minimum Gasteiger partial charge on any atom is -0.491 e. The SMILES string of the molecule is Cc1ccc(OCC(O)CN2CCN(C34CC5CC(CC(C5)C3)C4)CC2)cc1.Cl.Cl. The fourth-order valence-electron chi connectivity index (χ4n) is 7.03. The Morgan fingerprint density at radius 3 is 2.00 bits per heavy atom. The number of rotatable bonds is 6. The Balaban J connectivity index is 0.00000128. The van der Waals surface area contributed by atoms with Crippen LogP contribution in [0.2, 0.25) is 0 Å². The molecule has 6 heteroatoms. The van der Waals surface area contributed by atoms with Crippen LogP contribution in [-0.4, -0.2) is 65.9 Å². The van der Waals surface area contributed by atoms with Gasteiger partial charge in [-0.25, -0.2) is 0 Å². The molecule has 5 fully saturated rings. The highest BCUT2D eigenvalue weighted by Gasteiger charge is 2.53. The van der Waals surface area contributed by atoms with Crippen LogP contribution in [0.25, 0.3) is 0 Å². The smallest absolute Gasteiger partial charge is 0.119 e. The Morgan fingerprint density at radius 2 is 1.47 bits per heavy atom. The number of aliphatic hydroxyl groups excluding tert-OH is 1. The number of piperazine rings is 1. The van der Waals surface area contributed by atoms with E-state index in [1.807, 2.05) is 24.3 Å². The summed E-state index contributed by atoms with van der Waals surface area (Å²) in [5, 5.41) is 10.4. The molecule has 5 aliphatic rings. The van der Waals surface area contributed by atoms with Crippen LogP contribution in [0.3, 0.4) is 0 Å². The normalized spacial score (nSPS) is 34.1. The van der Waals surface area contributed by atoms with Gasteiger partial charge in [-0.15, -0.1) is 24.8 Å². The van der Waals surface area contributed by atoms with E-state index in [0.717, 1.165) is 43.1 Å². The largest absolute Gasteiger partial charge is 0.491 e. The summed E-state index contributed by atoms with van der Waals surface area (Å²) in [5.74, 6) is 3.90. The lowest BCUT2D eigenvalue weighted by Gasteiger charge is -2.61. The molecule has 0 aromatic heterocycles. The van der Waals surface area contributed by atoms with Crippen molar-refractivity contribution in [2.24, 2.45) is 17.8 Å². The standard InChI is InChI=1S/C24H36N2O2.2ClH/c1-18-2-4-23(5-3-18)28-17-22(27)16-25-6-8-26(9-7-25)24-13-19-10-20(14-24)12-21(11-19)15-24;;/h2-5,19-22,27H,6-17H2,1H3;2*1H. The molecule has 1 aromatic rings. The van der Waals surface area contributed by atoms with Crippen molar-refractivity contribution in [3.05, 3.63) is 29.8 Å². The van der Waals surface area contributed by atoms with Crippen LogP contribution in [0.1, 0.15) is 44.1 Å². The maximum atomic E-state index is 10.4. The van der Waals surface area contributed by atoms with Crippen molar-refractivity contribution >= 4 is 24.8 Å². The first kappa shape index (κ1) is 24.1. The highest BCUT2D eigenvalue weighted by Crippen LogP contribution is 2.57. The van der Waals surface area contributed by atoms with Crippen LogP contribution in [0.4, 0.5) is 0 Å². The van der Waals surface area contributed by atoms with Gasteiger partial charge in [0.2, 0.25) is 0 Å². The van der Waals surface area contributed by atoms with Crippen LogP contribution < -0.4 is 4.74 Å². The van der Waals surface area contributed by atoms with Crippen LogP contribution in [-0.2, 0) is 0 Å². The molecule has 1 atom stereocenters. The fraction of sp³-hybridized carbons (Fsp3) is 0.750. The van der Waals surface area contributed by atoms with E-state index >= 15 is 0 Å². The molecule has 6 rings (SSSR count). The Morgan fingerprint density at radius 1 is 0.933 bits per heavy atom. The highest BCUT2D eigenvalue weighted by atomic mass is 35.5. The third kappa shape index (κ3) is 5.10. The van der Waals surface area contributed by atoms with Gasteiger partial charge < -0.3 is 9.84 Å². The van der Waals surface area contributed by atoms with Crippen molar-refractivity contribution < 1.29 is 9.84 Å². The molecule has 1 N–H and O–H groups in total. The third-order valence-corrected chi connectivity index (χ3v) is 7.98. The van der Waals surface area contributed by atoms with Gasteiger partial charge in [-0.05, 0) is 75.3 Å². The second kappa shape index (κ2) is 9.95. The number of hydrogen-bond donors (Lipinski definition) is 1. The quantitative estimate of drug-likeness (QED) is 0.696. The molecule has 0 radical (unpaired) electrons. The third-order valence-electron chi connectivity index (χ3n) is 7.98. The van der Waals surface area contributed by atoms with Gasteiger partial charge in [-0.1, -0.05) is 17.7 Å². The van der Waals surface area contributed by atoms with Gasteiger partial charge in [0.15, 0.2) is 0 Å². The Labute approximate surface area is 194 Å². The Hall–Kier alpha value is -0.520. The lowest BCUT2D eigenvalue weighted by molar-refractivity contribution is -0.103. The molecule has 4 saturated carbocycles. The molecule has 0 spiro atoms. The summed E-state index contributed by atoms with van der Waals surface area (Å²) in [6, 6.07) is 8.05. The van der Waals surface area contributed by atoms with Gasteiger partial charge in [0, 0.05) is 38.3 Å². The van der Waals surface area contributed by atoms with Crippen molar-refractivity contribution in [2.45, 2.75) is 57.1 Å². The molecule has 30 heavy (non-hydrogen) atoms. The van der Waals surface area contributed by atoms with Crippen LogP contribution in [0.5, 0.6) is 5.75 Å². The number of aliphatic hydroxyl groups is 1. The molecule has 1 heterocycles. The number of β-amino-alcohol motifs (C(OH)–C–C–N with tert-alkyl or cyclic N) is 1. The zero-order chi connectivity index (χ0) is 19.1. The molecule has 170 valence electrons. The molecule has 4 bridgehead atoms. The van der Waals surface area contributed by atoms with Gasteiger partial charge in [0.25, 0.3) is 0 Å². The molecule has 1 unspecified atom stereocenters. The maximum absolute atomic E-state index is 10.4. The minimum atomic E-state index is -0.424. The lowest BCUT2D eigenvalue weighted by Crippen LogP contribution is -2.64. The van der Waals surface area contributed by atoms with E-state index in [2.05, 4.69) is 16.7 Å². The van der Waals surface area contributed by atoms with Crippen LogP contribution >= 0.6 is 24.8 Å². The average Bonchev–Trinajstić information content (AvgIpc) is 2.67. The summed E-state index contributed by atoms with van der Waals surface area (Å²) < 4.78 is 5.76.